The predicted octanol–water partition coefficient (Wildman–Crippen LogP) is 0.541. The molecule has 3 N–H and O–H groups in total. The molecule has 1 aromatic rings. The average Bonchev–Trinajstić information content (AvgIpc) is 2.54. The Morgan fingerprint density at radius 3 is 2.81 bits per heavy atom. The van der Waals surface area contributed by atoms with Crippen molar-refractivity contribution in [2.45, 2.75) is 31.7 Å². The van der Waals surface area contributed by atoms with Crippen LogP contribution in [-0.2, 0) is 4.79 Å². The zero-order chi connectivity index (χ0) is 15.1. The Labute approximate surface area is 124 Å². The van der Waals surface area contributed by atoms with Crippen molar-refractivity contribution >= 4 is 11.8 Å². The Hall–Kier alpha value is -1.95. The molecule has 1 aromatic heterocycles. The SMILES string of the molecule is NCCC(=O)NCC1CCCCN1C(=O)c1ccncc1. The average molecular weight is 290 g/mol. The van der Waals surface area contributed by atoms with Crippen molar-refractivity contribution in [3.63, 3.8) is 0 Å². The zero-order valence-corrected chi connectivity index (χ0v) is 12.1. The number of carbonyl (C=O) groups is 2. The zero-order valence-electron chi connectivity index (χ0n) is 12.1. The quantitative estimate of drug-likeness (QED) is 0.828. The first-order valence-electron chi connectivity index (χ1n) is 7.40. The summed E-state index contributed by atoms with van der Waals surface area (Å²) in [5.74, 6) is -0.0467. The van der Waals surface area contributed by atoms with Gasteiger partial charge in [-0.25, -0.2) is 0 Å². The second kappa shape index (κ2) is 7.73. The molecular weight excluding hydrogens is 268 g/mol. The minimum absolute atomic E-state index is 0.00942. The van der Waals surface area contributed by atoms with Crippen LogP contribution in [0.15, 0.2) is 24.5 Å². The fourth-order valence-electron chi connectivity index (χ4n) is 2.59. The number of hydrogen-bond donors (Lipinski definition) is 2. The van der Waals surface area contributed by atoms with Crippen molar-refractivity contribution in [3.05, 3.63) is 30.1 Å². The van der Waals surface area contributed by atoms with Crippen LogP contribution in [0.3, 0.4) is 0 Å². The van der Waals surface area contributed by atoms with Crippen molar-refractivity contribution in [3.8, 4) is 0 Å². The van der Waals surface area contributed by atoms with Gasteiger partial charge in [0.2, 0.25) is 5.91 Å². The van der Waals surface area contributed by atoms with E-state index in [4.69, 9.17) is 5.73 Å². The molecule has 6 nitrogen and oxygen atoms in total. The largest absolute Gasteiger partial charge is 0.354 e. The monoisotopic (exact) mass is 290 g/mol. The van der Waals surface area contributed by atoms with Crippen LogP contribution in [0.1, 0.15) is 36.0 Å². The van der Waals surface area contributed by atoms with Crippen LogP contribution in [0.5, 0.6) is 0 Å². The number of nitrogens with two attached hydrogens (primary N) is 1. The summed E-state index contributed by atoms with van der Waals surface area (Å²) in [6.07, 6.45) is 6.57. The van der Waals surface area contributed by atoms with Crippen LogP contribution in [0, 0.1) is 0 Å². The first-order chi connectivity index (χ1) is 10.2. The second-order valence-electron chi connectivity index (χ2n) is 5.23. The minimum atomic E-state index is -0.0561. The lowest BCUT2D eigenvalue weighted by Gasteiger charge is -2.36. The van der Waals surface area contributed by atoms with E-state index in [0.29, 0.717) is 25.1 Å². The number of nitrogens with one attached hydrogen (secondary N) is 1. The van der Waals surface area contributed by atoms with E-state index in [9.17, 15) is 9.59 Å². The fraction of sp³-hybridized carbons (Fsp3) is 0.533. The highest BCUT2D eigenvalue weighted by atomic mass is 16.2. The molecule has 1 aliphatic rings. The fourth-order valence-corrected chi connectivity index (χ4v) is 2.59. The van der Waals surface area contributed by atoms with E-state index in [2.05, 4.69) is 10.3 Å². The van der Waals surface area contributed by atoms with Crippen molar-refractivity contribution < 1.29 is 9.59 Å². The molecular formula is C15H22N4O2. The molecule has 2 heterocycles. The van der Waals surface area contributed by atoms with Gasteiger partial charge in [0.25, 0.3) is 5.91 Å². The third-order valence-corrected chi connectivity index (χ3v) is 3.72. The first-order valence-corrected chi connectivity index (χ1v) is 7.40. The number of pyridine rings is 1. The van der Waals surface area contributed by atoms with E-state index >= 15 is 0 Å². The van der Waals surface area contributed by atoms with E-state index in [1.165, 1.54) is 0 Å². The summed E-state index contributed by atoms with van der Waals surface area (Å²) < 4.78 is 0. The maximum atomic E-state index is 12.5. The van der Waals surface area contributed by atoms with E-state index in [0.717, 1.165) is 25.8 Å². The number of likely N-dealkylation sites (tertiary alicyclic amines) is 1. The van der Waals surface area contributed by atoms with Gasteiger partial charge in [0.15, 0.2) is 0 Å². The highest BCUT2D eigenvalue weighted by Crippen LogP contribution is 2.19. The maximum absolute atomic E-state index is 12.5. The number of nitrogens with zero attached hydrogens (tertiary/aromatic N) is 2. The molecule has 2 rings (SSSR count). The van der Waals surface area contributed by atoms with Gasteiger partial charge in [0.05, 0.1) is 0 Å². The molecule has 1 fully saturated rings. The molecule has 1 unspecified atom stereocenters. The van der Waals surface area contributed by atoms with Gasteiger partial charge in [0, 0.05) is 50.1 Å². The summed E-state index contributed by atoms with van der Waals surface area (Å²) in [7, 11) is 0. The maximum Gasteiger partial charge on any atom is 0.254 e. The highest BCUT2D eigenvalue weighted by molar-refractivity contribution is 5.94. The van der Waals surface area contributed by atoms with Gasteiger partial charge in [-0.1, -0.05) is 0 Å². The number of carbonyl (C=O) groups excluding carboxylic acids is 2. The van der Waals surface area contributed by atoms with Gasteiger partial charge < -0.3 is 16.0 Å². The molecule has 0 radical (unpaired) electrons. The standard InChI is InChI=1S/C15H22N4O2/c16-7-4-14(20)18-11-13-3-1-2-10-19(13)15(21)12-5-8-17-9-6-12/h5-6,8-9,13H,1-4,7,10-11,16H2,(H,18,20). The van der Waals surface area contributed by atoms with Crippen LogP contribution >= 0.6 is 0 Å². The molecule has 1 saturated heterocycles. The molecule has 0 spiro atoms. The Bertz CT molecular complexity index is 478. The summed E-state index contributed by atoms with van der Waals surface area (Å²) in [5.41, 5.74) is 6.00. The molecule has 1 aliphatic heterocycles. The van der Waals surface area contributed by atoms with Crippen LogP contribution in [-0.4, -0.2) is 47.4 Å². The first kappa shape index (κ1) is 15.4. The molecule has 114 valence electrons. The summed E-state index contributed by atoms with van der Waals surface area (Å²) in [6.45, 7) is 1.57. The van der Waals surface area contributed by atoms with Crippen molar-refractivity contribution in [1.29, 1.82) is 0 Å². The van der Waals surface area contributed by atoms with Gasteiger partial charge in [-0.15, -0.1) is 0 Å². The topological polar surface area (TPSA) is 88.3 Å². The van der Waals surface area contributed by atoms with E-state index in [1.807, 2.05) is 4.90 Å². The van der Waals surface area contributed by atoms with Gasteiger partial charge >= 0.3 is 0 Å². The molecule has 0 aliphatic carbocycles. The highest BCUT2D eigenvalue weighted by Gasteiger charge is 2.27. The molecule has 0 aromatic carbocycles. The van der Waals surface area contributed by atoms with Crippen LogP contribution < -0.4 is 11.1 Å². The van der Waals surface area contributed by atoms with Crippen molar-refractivity contribution in [2.75, 3.05) is 19.6 Å². The number of piperidine rings is 1. The Balaban J connectivity index is 1.98. The van der Waals surface area contributed by atoms with Crippen LogP contribution in [0.4, 0.5) is 0 Å². The lowest BCUT2D eigenvalue weighted by molar-refractivity contribution is -0.121. The molecule has 21 heavy (non-hydrogen) atoms. The second-order valence-corrected chi connectivity index (χ2v) is 5.23. The van der Waals surface area contributed by atoms with Gasteiger partial charge in [-0.05, 0) is 31.4 Å². The smallest absolute Gasteiger partial charge is 0.254 e. The number of hydrogen-bond acceptors (Lipinski definition) is 4. The summed E-state index contributed by atoms with van der Waals surface area (Å²) in [6, 6.07) is 3.50. The normalized spacial score (nSPS) is 18.3. The molecule has 1 atom stereocenters. The number of aromatic nitrogens is 1. The van der Waals surface area contributed by atoms with Crippen LogP contribution in [0.25, 0.3) is 0 Å². The molecule has 0 saturated carbocycles. The summed E-state index contributed by atoms with van der Waals surface area (Å²) in [4.78, 5) is 29.9. The van der Waals surface area contributed by atoms with Gasteiger partial charge in [-0.3, -0.25) is 14.6 Å². The Morgan fingerprint density at radius 2 is 2.10 bits per heavy atom. The van der Waals surface area contributed by atoms with Gasteiger partial charge in [-0.2, -0.15) is 0 Å². The summed E-state index contributed by atoms with van der Waals surface area (Å²) in [5, 5.41) is 2.86. The van der Waals surface area contributed by atoms with E-state index in [-0.39, 0.29) is 17.9 Å². The Morgan fingerprint density at radius 1 is 1.33 bits per heavy atom. The van der Waals surface area contributed by atoms with Crippen molar-refractivity contribution in [1.82, 2.24) is 15.2 Å². The Kier molecular flexibility index (Phi) is 5.68. The molecule has 2 amide bonds. The van der Waals surface area contributed by atoms with Crippen molar-refractivity contribution in [2.24, 2.45) is 5.73 Å². The lowest BCUT2D eigenvalue weighted by Crippen LogP contribution is -2.49. The summed E-state index contributed by atoms with van der Waals surface area (Å²) >= 11 is 0. The third kappa shape index (κ3) is 4.26. The number of amides is 2. The van der Waals surface area contributed by atoms with Crippen LogP contribution in [0.2, 0.25) is 0 Å². The molecule has 6 heteroatoms. The number of rotatable bonds is 5. The predicted molar refractivity (Wildman–Crippen MR) is 79.6 cm³/mol. The van der Waals surface area contributed by atoms with E-state index < -0.39 is 0 Å². The third-order valence-electron chi connectivity index (χ3n) is 3.72. The molecule has 0 bridgehead atoms. The van der Waals surface area contributed by atoms with E-state index in [1.54, 1.807) is 24.5 Å². The lowest BCUT2D eigenvalue weighted by atomic mass is 10.0. The van der Waals surface area contributed by atoms with Gasteiger partial charge in [0.1, 0.15) is 0 Å². The minimum Gasteiger partial charge on any atom is -0.354 e.